The number of nitrogens with two attached hydrogens (primary N) is 1. The lowest BCUT2D eigenvalue weighted by atomic mass is 10.1. The van der Waals surface area contributed by atoms with E-state index in [2.05, 4.69) is 15.6 Å². The highest BCUT2D eigenvalue weighted by atomic mass is 32.1. The zero-order chi connectivity index (χ0) is 19.1. The van der Waals surface area contributed by atoms with Gasteiger partial charge in [-0.15, -0.1) is 11.3 Å². The molecule has 6 nitrogen and oxygen atoms in total. The van der Waals surface area contributed by atoms with Crippen molar-refractivity contribution in [3.8, 4) is 0 Å². The number of halogens is 2. The lowest BCUT2D eigenvalue weighted by Gasteiger charge is -2.17. The molecule has 9 heteroatoms. The van der Waals surface area contributed by atoms with Crippen LogP contribution in [0.2, 0.25) is 0 Å². The molecule has 1 aromatic heterocycles. The zero-order valence-corrected chi connectivity index (χ0v) is 15.0. The predicted octanol–water partition coefficient (Wildman–Crippen LogP) is 2.35. The number of amides is 2. The number of carbonyl (C=O) groups excluding carboxylic acids is 2. The molecule has 1 aromatic carbocycles. The van der Waals surface area contributed by atoms with Gasteiger partial charge in [-0.3, -0.25) is 9.59 Å². The second-order valence-electron chi connectivity index (χ2n) is 5.69. The molecule has 2 rings (SSSR count). The third-order valence-corrected chi connectivity index (χ3v) is 4.44. The first-order valence-electron chi connectivity index (χ1n) is 8.11. The topological polar surface area (TPSA) is 97.1 Å². The first-order chi connectivity index (χ1) is 12.4. The molecule has 0 saturated carbocycles. The molecule has 4 N–H and O–H groups in total. The molecule has 2 aromatic rings. The molecule has 1 atom stereocenters. The maximum atomic E-state index is 13.2. The fourth-order valence-electron chi connectivity index (χ4n) is 2.35. The molecule has 0 fully saturated rings. The predicted molar refractivity (Wildman–Crippen MR) is 95.5 cm³/mol. The summed E-state index contributed by atoms with van der Waals surface area (Å²) >= 11 is 1.26. The summed E-state index contributed by atoms with van der Waals surface area (Å²) in [7, 11) is 0. The van der Waals surface area contributed by atoms with Gasteiger partial charge in [-0.05, 0) is 24.1 Å². The third-order valence-electron chi connectivity index (χ3n) is 3.50. The van der Waals surface area contributed by atoms with E-state index in [0.29, 0.717) is 24.5 Å². The average Bonchev–Trinajstić information content (AvgIpc) is 3.01. The summed E-state index contributed by atoms with van der Waals surface area (Å²) in [6.07, 6.45) is 2.44. The van der Waals surface area contributed by atoms with Gasteiger partial charge in [0.2, 0.25) is 11.8 Å². The number of anilines is 1. The van der Waals surface area contributed by atoms with Crippen molar-refractivity contribution < 1.29 is 18.4 Å². The van der Waals surface area contributed by atoms with Crippen LogP contribution < -0.4 is 16.4 Å². The molecule has 1 unspecified atom stereocenters. The summed E-state index contributed by atoms with van der Waals surface area (Å²) in [6, 6.07) is 2.14. The summed E-state index contributed by atoms with van der Waals surface area (Å²) in [5, 5.41) is 5.65. The number of aromatic nitrogens is 1. The molecule has 1 heterocycles. The van der Waals surface area contributed by atoms with Crippen LogP contribution in [0.15, 0.2) is 24.4 Å². The summed E-state index contributed by atoms with van der Waals surface area (Å²) in [6.45, 7) is 2.21. The van der Waals surface area contributed by atoms with Gasteiger partial charge in [-0.1, -0.05) is 13.3 Å². The number of hydrogen-bond donors (Lipinski definition) is 3. The normalized spacial score (nSPS) is 11.8. The van der Waals surface area contributed by atoms with E-state index in [1.54, 1.807) is 6.20 Å². The van der Waals surface area contributed by atoms with Gasteiger partial charge < -0.3 is 16.4 Å². The first kappa shape index (κ1) is 19.9. The molecule has 0 radical (unpaired) electrons. The van der Waals surface area contributed by atoms with Gasteiger partial charge in [0.05, 0.1) is 6.42 Å². The number of hydrogen-bond acceptors (Lipinski definition) is 5. The lowest BCUT2D eigenvalue weighted by Crippen LogP contribution is -2.44. The van der Waals surface area contributed by atoms with Crippen LogP contribution in [0.5, 0.6) is 0 Å². The van der Waals surface area contributed by atoms with E-state index in [4.69, 9.17) is 5.73 Å². The standard InChI is InChI=1S/C17H20F2N4O2S/c1-2-3-14(16(25)23-17-21-9-13(8-20)26-17)22-15(24)6-10-4-11(18)7-12(19)5-10/h4-5,7,9,14H,2-3,6,8,20H2,1H3,(H,22,24)(H,21,23,25). The summed E-state index contributed by atoms with van der Waals surface area (Å²) in [5.41, 5.74) is 5.71. The Morgan fingerprint density at radius 3 is 2.54 bits per heavy atom. The number of thiazole rings is 1. The van der Waals surface area contributed by atoms with Gasteiger partial charge in [0.25, 0.3) is 0 Å². The van der Waals surface area contributed by atoms with Crippen molar-refractivity contribution in [1.29, 1.82) is 0 Å². The molecule has 0 spiro atoms. The van der Waals surface area contributed by atoms with Gasteiger partial charge >= 0.3 is 0 Å². The van der Waals surface area contributed by atoms with Gasteiger partial charge in [-0.2, -0.15) is 0 Å². The van der Waals surface area contributed by atoms with E-state index >= 15 is 0 Å². The van der Waals surface area contributed by atoms with Crippen LogP contribution in [-0.2, 0) is 22.6 Å². The molecule has 0 bridgehead atoms. The Labute approximate surface area is 153 Å². The molecular formula is C17H20F2N4O2S. The minimum absolute atomic E-state index is 0.197. The monoisotopic (exact) mass is 382 g/mol. The third kappa shape index (κ3) is 5.85. The summed E-state index contributed by atoms with van der Waals surface area (Å²) in [4.78, 5) is 29.4. The van der Waals surface area contributed by atoms with Crippen LogP contribution in [0.3, 0.4) is 0 Å². The van der Waals surface area contributed by atoms with E-state index in [0.717, 1.165) is 23.1 Å². The minimum Gasteiger partial charge on any atom is -0.344 e. The van der Waals surface area contributed by atoms with Crippen molar-refractivity contribution >= 4 is 28.3 Å². The fraction of sp³-hybridized carbons (Fsp3) is 0.353. The molecule has 0 aliphatic carbocycles. The van der Waals surface area contributed by atoms with E-state index in [-0.39, 0.29) is 12.0 Å². The van der Waals surface area contributed by atoms with Crippen molar-refractivity contribution in [3.05, 3.63) is 46.5 Å². The highest BCUT2D eigenvalue weighted by Gasteiger charge is 2.21. The van der Waals surface area contributed by atoms with Crippen molar-refractivity contribution in [2.24, 2.45) is 5.73 Å². The molecular weight excluding hydrogens is 362 g/mol. The zero-order valence-electron chi connectivity index (χ0n) is 14.2. The molecule has 0 saturated heterocycles. The summed E-state index contributed by atoms with van der Waals surface area (Å²) in [5.74, 6) is -2.40. The second-order valence-corrected chi connectivity index (χ2v) is 6.80. The quantitative estimate of drug-likeness (QED) is 0.653. The van der Waals surface area contributed by atoms with Crippen molar-refractivity contribution in [3.63, 3.8) is 0 Å². The SMILES string of the molecule is CCCC(NC(=O)Cc1cc(F)cc(F)c1)C(=O)Nc1ncc(CN)s1. The lowest BCUT2D eigenvalue weighted by molar-refractivity contribution is -0.126. The van der Waals surface area contributed by atoms with Crippen LogP contribution in [-0.4, -0.2) is 22.8 Å². The smallest absolute Gasteiger partial charge is 0.248 e. The van der Waals surface area contributed by atoms with Crippen molar-refractivity contribution in [1.82, 2.24) is 10.3 Å². The Morgan fingerprint density at radius 2 is 1.96 bits per heavy atom. The van der Waals surface area contributed by atoms with Gasteiger partial charge in [0.15, 0.2) is 5.13 Å². The van der Waals surface area contributed by atoms with Gasteiger partial charge in [0, 0.05) is 23.7 Å². The Morgan fingerprint density at radius 1 is 1.27 bits per heavy atom. The Hall–Kier alpha value is -2.39. The Balaban J connectivity index is 1.99. The molecule has 140 valence electrons. The van der Waals surface area contributed by atoms with Gasteiger partial charge in [0.1, 0.15) is 17.7 Å². The summed E-state index contributed by atoms with van der Waals surface area (Å²) < 4.78 is 26.4. The van der Waals surface area contributed by atoms with Crippen LogP contribution in [0, 0.1) is 11.6 Å². The second kappa shape index (κ2) is 9.35. The first-order valence-corrected chi connectivity index (χ1v) is 8.93. The number of nitrogens with one attached hydrogen (secondary N) is 2. The minimum atomic E-state index is -0.767. The van der Waals surface area contributed by atoms with E-state index in [9.17, 15) is 18.4 Å². The van der Waals surface area contributed by atoms with Crippen molar-refractivity contribution in [2.75, 3.05) is 5.32 Å². The fourth-order valence-corrected chi connectivity index (χ4v) is 3.05. The molecule has 2 amide bonds. The van der Waals surface area contributed by atoms with E-state index in [1.165, 1.54) is 11.3 Å². The molecule has 26 heavy (non-hydrogen) atoms. The maximum Gasteiger partial charge on any atom is 0.248 e. The number of nitrogens with zero attached hydrogens (tertiary/aromatic N) is 1. The van der Waals surface area contributed by atoms with Crippen LogP contribution in [0.25, 0.3) is 0 Å². The highest BCUT2D eigenvalue weighted by molar-refractivity contribution is 7.15. The molecule has 0 aliphatic heterocycles. The largest absolute Gasteiger partial charge is 0.344 e. The van der Waals surface area contributed by atoms with Crippen LogP contribution in [0.4, 0.5) is 13.9 Å². The Bertz CT molecular complexity index is 762. The average molecular weight is 382 g/mol. The van der Waals surface area contributed by atoms with E-state index < -0.39 is 29.5 Å². The van der Waals surface area contributed by atoms with Crippen molar-refractivity contribution in [2.45, 2.75) is 38.8 Å². The maximum absolute atomic E-state index is 13.2. The number of benzene rings is 1. The number of rotatable bonds is 8. The highest BCUT2D eigenvalue weighted by Crippen LogP contribution is 2.18. The van der Waals surface area contributed by atoms with Crippen LogP contribution in [0.1, 0.15) is 30.2 Å². The molecule has 0 aliphatic rings. The van der Waals surface area contributed by atoms with Gasteiger partial charge in [-0.25, -0.2) is 13.8 Å². The Kier molecular flexibility index (Phi) is 7.16. The van der Waals surface area contributed by atoms with Crippen LogP contribution >= 0.6 is 11.3 Å². The van der Waals surface area contributed by atoms with E-state index in [1.807, 2.05) is 6.92 Å². The number of carbonyl (C=O) groups is 2.